The van der Waals surface area contributed by atoms with Crippen LogP contribution in [0.25, 0.3) is 0 Å². The molecule has 2 aliphatic rings. The second kappa shape index (κ2) is 11.7. The molecule has 2 fully saturated rings. The van der Waals surface area contributed by atoms with E-state index in [-0.39, 0.29) is 24.1 Å². The number of pyridine rings is 1. The maximum Gasteiger partial charge on any atom is 0.416 e. The predicted octanol–water partition coefficient (Wildman–Crippen LogP) is 3.46. The van der Waals surface area contributed by atoms with Crippen molar-refractivity contribution in [1.29, 1.82) is 0 Å². The molecule has 0 unspecified atom stereocenters. The molecule has 4 rings (SSSR count). The molecular weight excluding hydrogens is 511 g/mol. The van der Waals surface area contributed by atoms with E-state index in [1.54, 1.807) is 6.20 Å². The Bertz CT molecular complexity index is 1240. The number of aromatic nitrogens is 1. The summed E-state index contributed by atoms with van der Waals surface area (Å²) in [5, 5.41) is 5.33. The summed E-state index contributed by atoms with van der Waals surface area (Å²) in [7, 11) is 0. The van der Waals surface area contributed by atoms with Gasteiger partial charge in [-0.05, 0) is 86.8 Å². The number of halogens is 3. The number of hydrogen-bond donors (Lipinski definition) is 3. The number of amides is 3. The minimum atomic E-state index is -4.55. The van der Waals surface area contributed by atoms with E-state index in [9.17, 15) is 27.6 Å². The fourth-order valence-electron chi connectivity index (χ4n) is 5.75. The van der Waals surface area contributed by atoms with E-state index >= 15 is 0 Å². The van der Waals surface area contributed by atoms with Gasteiger partial charge in [0, 0.05) is 36.9 Å². The highest BCUT2D eigenvalue weighted by atomic mass is 19.4. The summed E-state index contributed by atoms with van der Waals surface area (Å²) in [6.45, 7) is 5.17. The molecule has 3 amide bonds. The molecule has 1 aromatic heterocycles. The van der Waals surface area contributed by atoms with Gasteiger partial charge in [0.05, 0.1) is 12.1 Å². The highest BCUT2D eigenvalue weighted by Gasteiger charge is 2.33. The van der Waals surface area contributed by atoms with Gasteiger partial charge in [0.25, 0.3) is 11.8 Å². The van der Waals surface area contributed by atoms with E-state index < -0.39 is 23.6 Å². The Morgan fingerprint density at radius 1 is 1.08 bits per heavy atom. The van der Waals surface area contributed by atoms with Crippen molar-refractivity contribution in [3.8, 4) is 0 Å². The summed E-state index contributed by atoms with van der Waals surface area (Å²) >= 11 is 0. The lowest BCUT2D eigenvalue weighted by Crippen LogP contribution is -2.44. The van der Waals surface area contributed by atoms with Crippen molar-refractivity contribution in [3.05, 3.63) is 64.0 Å². The minimum absolute atomic E-state index is 0.0453. The van der Waals surface area contributed by atoms with E-state index in [0.29, 0.717) is 17.7 Å². The first-order chi connectivity index (χ1) is 18.4. The number of rotatable bonds is 7. The number of carbonyl (C=O) groups excluding carboxylic acids is 3. The van der Waals surface area contributed by atoms with Crippen LogP contribution in [-0.2, 0) is 11.0 Å². The van der Waals surface area contributed by atoms with E-state index in [1.165, 1.54) is 11.6 Å². The maximum atomic E-state index is 12.9. The first kappa shape index (κ1) is 28.5. The van der Waals surface area contributed by atoms with E-state index in [4.69, 9.17) is 5.73 Å². The lowest BCUT2D eigenvalue weighted by Gasteiger charge is -2.35. The zero-order valence-electron chi connectivity index (χ0n) is 22.1. The quantitative estimate of drug-likeness (QED) is 0.493. The number of hydrogen-bond acceptors (Lipinski definition) is 5. The average molecular weight is 546 g/mol. The molecule has 210 valence electrons. The number of nitrogens with one attached hydrogen (secondary N) is 2. The third-order valence-electron chi connectivity index (χ3n) is 8.02. The van der Waals surface area contributed by atoms with Gasteiger partial charge >= 0.3 is 6.18 Å². The second-order valence-corrected chi connectivity index (χ2v) is 10.5. The Hall–Kier alpha value is -3.47. The van der Waals surface area contributed by atoms with Crippen LogP contribution in [-0.4, -0.2) is 59.3 Å². The van der Waals surface area contributed by atoms with Crippen LogP contribution < -0.4 is 16.4 Å². The molecule has 0 spiro atoms. The van der Waals surface area contributed by atoms with Gasteiger partial charge in [-0.25, -0.2) is 0 Å². The van der Waals surface area contributed by atoms with Crippen molar-refractivity contribution in [2.24, 2.45) is 5.73 Å². The summed E-state index contributed by atoms with van der Waals surface area (Å²) in [6, 6.07) is 4.48. The number of nitrogens with two attached hydrogens (primary N) is 1. The van der Waals surface area contributed by atoms with Gasteiger partial charge in [-0.3, -0.25) is 24.3 Å². The van der Waals surface area contributed by atoms with E-state index in [1.807, 2.05) is 13.8 Å². The number of likely N-dealkylation sites (tertiary alicyclic amines) is 1. The highest BCUT2D eigenvalue weighted by Crippen LogP contribution is 2.37. The number of alkyl halides is 3. The minimum Gasteiger partial charge on any atom is -0.364 e. The molecule has 1 aromatic carbocycles. The predicted molar refractivity (Wildman–Crippen MR) is 139 cm³/mol. The average Bonchev–Trinajstić information content (AvgIpc) is 3.36. The number of benzene rings is 1. The van der Waals surface area contributed by atoms with Gasteiger partial charge in [0.15, 0.2) is 0 Å². The number of nitrogens with zero attached hydrogens (tertiary/aromatic N) is 2. The van der Waals surface area contributed by atoms with Crippen LogP contribution in [0.2, 0.25) is 0 Å². The Morgan fingerprint density at radius 3 is 2.46 bits per heavy atom. The molecule has 1 saturated heterocycles. The third-order valence-corrected chi connectivity index (χ3v) is 8.02. The summed E-state index contributed by atoms with van der Waals surface area (Å²) in [4.78, 5) is 43.0. The van der Waals surface area contributed by atoms with Gasteiger partial charge in [-0.1, -0.05) is 6.07 Å². The van der Waals surface area contributed by atoms with Crippen LogP contribution in [0, 0.1) is 13.8 Å². The largest absolute Gasteiger partial charge is 0.416 e. The Kier molecular flexibility index (Phi) is 8.58. The van der Waals surface area contributed by atoms with Crippen LogP contribution >= 0.6 is 0 Å². The molecule has 8 nitrogen and oxygen atoms in total. The van der Waals surface area contributed by atoms with Crippen molar-refractivity contribution >= 4 is 17.7 Å². The lowest BCUT2D eigenvalue weighted by molar-refractivity contribution is -0.137. The molecule has 39 heavy (non-hydrogen) atoms. The summed E-state index contributed by atoms with van der Waals surface area (Å²) in [5.41, 5.74) is 7.78. The molecule has 2 aromatic rings. The van der Waals surface area contributed by atoms with Gasteiger partial charge < -0.3 is 16.4 Å². The zero-order chi connectivity index (χ0) is 28.3. The van der Waals surface area contributed by atoms with Crippen LogP contribution in [0.1, 0.15) is 81.1 Å². The molecule has 1 aliphatic heterocycles. The van der Waals surface area contributed by atoms with Crippen LogP contribution in [0.3, 0.4) is 0 Å². The first-order valence-corrected chi connectivity index (χ1v) is 13.2. The van der Waals surface area contributed by atoms with Crippen molar-refractivity contribution in [1.82, 2.24) is 20.5 Å². The standard InChI is InChI=1S/C28H34F3N5O3/c1-16-17(2)25(26(32)38)33-13-23(16)18-6-8-22(9-7-18)36-11-10-21(15-36)35-24(37)14-34-27(39)19-4-3-5-20(12-19)28(29,30)31/h3-5,12-13,18,21-22H,6-11,14-15H2,1-2H3,(H2,32,38)(H,34,39)(H,35,37)/t18?,21-,22?/m1/s1. The monoisotopic (exact) mass is 545 g/mol. The fourth-order valence-corrected chi connectivity index (χ4v) is 5.75. The van der Waals surface area contributed by atoms with Crippen molar-refractivity contribution < 1.29 is 27.6 Å². The molecule has 2 heterocycles. The van der Waals surface area contributed by atoms with Crippen LogP contribution in [0.5, 0.6) is 0 Å². The smallest absolute Gasteiger partial charge is 0.364 e. The Labute approximate surface area is 225 Å². The molecule has 1 aliphatic carbocycles. The number of primary amides is 1. The molecule has 1 atom stereocenters. The topological polar surface area (TPSA) is 117 Å². The lowest BCUT2D eigenvalue weighted by atomic mass is 9.79. The van der Waals surface area contributed by atoms with Crippen LogP contribution in [0.15, 0.2) is 30.5 Å². The first-order valence-electron chi connectivity index (χ1n) is 13.2. The normalized spacial score (nSPS) is 21.9. The van der Waals surface area contributed by atoms with Crippen molar-refractivity contribution in [3.63, 3.8) is 0 Å². The fraction of sp³-hybridized carbons (Fsp3) is 0.500. The summed E-state index contributed by atoms with van der Waals surface area (Å²) in [6.07, 6.45) is 2.11. The second-order valence-electron chi connectivity index (χ2n) is 10.5. The highest BCUT2D eigenvalue weighted by molar-refractivity contribution is 5.96. The summed E-state index contributed by atoms with van der Waals surface area (Å²) in [5.74, 6) is -1.23. The summed E-state index contributed by atoms with van der Waals surface area (Å²) < 4.78 is 38.7. The molecule has 0 bridgehead atoms. The van der Waals surface area contributed by atoms with Crippen molar-refractivity contribution in [2.75, 3.05) is 19.6 Å². The Morgan fingerprint density at radius 2 is 1.79 bits per heavy atom. The maximum absolute atomic E-state index is 12.9. The molecular formula is C28H34F3N5O3. The molecule has 1 saturated carbocycles. The third kappa shape index (κ3) is 6.76. The van der Waals surface area contributed by atoms with E-state index in [0.717, 1.165) is 74.5 Å². The molecule has 4 N–H and O–H groups in total. The van der Waals surface area contributed by atoms with E-state index in [2.05, 4.69) is 20.5 Å². The molecule has 0 radical (unpaired) electrons. The van der Waals surface area contributed by atoms with Gasteiger partial charge in [0.2, 0.25) is 5.91 Å². The van der Waals surface area contributed by atoms with Gasteiger partial charge in [-0.15, -0.1) is 0 Å². The van der Waals surface area contributed by atoms with Crippen LogP contribution in [0.4, 0.5) is 13.2 Å². The van der Waals surface area contributed by atoms with Crippen molar-refractivity contribution in [2.45, 2.75) is 70.1 Å². The zero-order valence-corrected chi connectivity index (χ0v) is 22.1. The molecule has 11 heteroatoms. The number of carbonyl (C=O) groups is 3. The Balaban J connectivity index is 1.22. The SMILES string of the molecule is Cc1c(C2CCC(N3CC[C@@H](NC(=O)CNC(=O)c4cccc(C(F)(F)F)c4)C3)CC2)cnc(C(N)=O)c1C. The van der Waals surface area contributed by atoms with Gasteiger partial charge in [-0.2, -0.15) is 13.2 Å². The van der Waals surface area contributed by atoms with Gasteiger partial charge in [0.1, 0.15) is 5.69 Å².